The average Bonchev–Trinajstić information content (AvgIpc) is 3.33. The molecule has 4 heterocycles. The van der Waals surface area contributed by atoms with E-state index in [0.29, 0.717) is 30.8 Å². The van der Waals surface area contributed by atoms with Crippen LogP contribution in [-0.2, 0) is 16.8 Å². The number of fused-ring (bicyclic) bond motifs is 4. The minimum Gasteiger partial charge on any atom is -0.503 e. The van der Waals surface area contributed by atoms with Crippen molar-refractivity contribution in [1.29, 1.82) is 0 Å². The van der Waals surface area contributed by atoms with Crippen molar-refractivity contribution >= 4 is 23.2 Å². The normalized spacial score (nSPS) is 21.8. The molecule has 2 aromatic heterocycles. The van der Waals surface area contributed by atoms with Crippen molar-refractivity contribution in [2.24, 2.45) is 0 Å². The number of rotatable bonds is 4. The van der Waals surface area contributed by atoms with Gasteiger partial charge in [-0.2, -0.15) is 0 Å². The first kappa shape index (κ1) is 24.2. The molecular weight excluding hydrogens is 483 g/mol. The molecule has 0 radical (unpaired) electrons. The maximum atomic E-state index is 13.7. The van der Waals surface area contributed by atoms with Gasteiger partial charge in [0.1, 0.15) is 16.4 Å². The van der Waals surface area contributed by atoms with Crippen LogP contribution in [0.2, 0.25) is 0 Å². The van der Waals surface area contributed by atoms with Crippen LogP contribution in [0.25, 0.3) is 10.6 Å². The quantitative estimate of drug-likeness (QED) is 0.582. The number of likely N-dealkylation sites (N-methyl/N-ethyl adjacent to an activating group) is 1. The molecule has 0 saturated carbocycles. The van der Waals surface area contributed by atoms with E-state index in [-0.39, 0.29) is 35.6 Å². The maximum Gasteiger partial charge on any atom is 0.274 e. The molecule has 36 heavy (non-hydrogen) atoms. The molecule has 2 amide bonds. The van der Waals surface area contributed by atoms with Gasteiger partial charge in [0.05, 0.1) is 12.1 Å². The minimum absolute atomic E-state index is 0.131. The lowest BCUT2D eigenvalue weighted by molar-refractivity contribution is -0.143. The molecule has 2 aliphatic heterocycles. The molecule has 1 N–H and O–H groups in total. The van der Waals surface area contributed by atoms with Gasteiger partial charge in [0.2, 0.25) is 11.3 Å². The Kier molecular flexibility index (Phi) is 5.94. The molecule has 1 saturated heterocycles. The highest BCUT2D eigenvalue weighted by Gasteiger charge is 2.51. The van der Waals surface area contributed by atoms with Crippen LogP contribution in [0.1, 0.15) is 47.6 Å². The number of benzene rings is 1. The van der Waals surface area contributed by atoms with Gasteiger partial charge in [0, 0.05) is 43.3 Å². The Bertz CT molecular complexity index is 1420. The molecule has 1 fully saturated rings. The molecule has 2 aliphatic rings. The summed E-state index contributed by atoms with van der Waals surface area (Å²) in [5, 5.41) is 11.4. The first-order valence-electron chi connectivity index (χ1n) is 11.9. The van der Waals surface area contributed by atoms with Crippen LogP contribution in [0.3, 0.4) is 0 Å². The molecule has 188 valence electrons. The monoisotopic (exact) mass is 510 g/mol. The van der Waals surface area contributed by atoms with Crippen LogP contribution in [0.4, 0.5) is 4.39 Å². The van der Waals surface area contributed by atoms with Gasteiger partial charge in [-0.25, -0.2) is 9.37 Å². The lowest BCUT2D eigenvalue weighted by atomic mass is 9.86. The molecular formula is C26H27FN4O4S. The number of hydrogen-bond donors (Lipinski definition) is 1. The third-order valence-corrected chi connectivity index (χ3v) is 8.39. The van der Waals surface area contributed by atoms with Crippen molar-refractivity contribution in [3.8, 4) is 16.3 Å². The molecule has 1 unspecified atom stereocenters. The predicted octanol–water partition coefficient (Wildman–Crippen LogP) is 3.22. The Morgan fingerprint density at radius 2 is 1.94 bits per heavy atom. The lowest BCUT2D eigenvalue weighted by Gasteiger charge is -2.49. The molecule has 3 aromatic rings. The Labute approximate surface area is 211 Å². The summed E-state index contributed by atoms with van der Waals surface area (Å²) in [7, 11) is 1.74. The van der Waals surface area contributed by atoms with Crippen LogP contribution < -0.4 is 5.43 Å². The Morgan fingerprint density at radius 1 is 1.22 bits per heavy atom. The summed E-state index contributed by atoms with van der Waals surface area (Å²) in [6, 6.07) is 6.00. The SMILES string of the molecule is CC[C@]12CN(C(=O)c3c(O)c(=O)c(-c4ncc(Cc5ccc(F)cc5)s4)cn31)C(C)CCN(C)C2=O. The second-order valence-electron chi connectivity index (χ2n) is 9.56. The van der Waals surface area contributed by atoms with Gasteiger partial charge in [-0.3, -0.25) is 14.4 Å². The van der Waals surface area contributed by atoms with Gasteiger partial charge in [0.25, 0.3) is 5.91 Å². The van der Waals surface area contributed by atoms with Crippen LogP contribution in [0.5, 0.6) is 5.75 Å². The summed E-state index contributed by atoms with van der Waals surface area (Å²) < 4.78 is 14.8. The van der Waals surface area contributed by atoms with Crippen molar-refractivity contribution in [2.45, 2.75) is 44.7 Å². The first-order valence-corrected chi connectivity index (χ1v) is 12.7. The summed E-state index contributed by atoms with van der Waals surface area (Å²) in [6.45, 7) is 4.45. The summed E-state index contributed by atoms with van der Waals surface area (Å²) in [4.78, 5) is 48.9. The van der Waals surface area contributed by atoms with Gasteiger partial charge in [-0.15, -0.1) is 11.3 Å². The zero-order valence-corrected chi connectivity index (χ0v) is 21.1. The van der Waals surface area contributed by atoms with Crippen LogP contribution in [0, 0.1) is 5.82 Å². The minimum atomic E-state index is -1.15. The molecule has 0 aliphatic carbocycles. The highest BCUT2D eigenvalue weighted by Crippen LogP contribution is 2.38. The fourth-order valence-corrected chi connectivity index (χ4v) is 6.09. The number of pyridine rings is 1. The van der Waals surface area contributed by atoms with Crippen LogP contribution >= 0.6 is 11.3 Å². The standard InChI is InChI=1S/C26H27FN4O4S/c1-4-26-14-30(15(2)9-10-29(3)25(26)35)24(34)20-22(33)21(32)19(13-31(20)26)23-28-12-18(36-23)11-16-5-7-17(27)8-6-16/h5-8,12-13,15,33H,4,9-11,14H2,1-3H3/t15?,26-/m1/s1. The number of nitrogens with zero attached hydrogens (tertiary/aromatic N) is 4. The van der Waals surface area contributed by atoms with E-state index in [1.807, 2.05) is 13.8 Å². The number of hydrogen-bond acceptors (Lipinski definition) is 6. The van der Waals surface area contributed by atoms with Gasteiger partial charge >= 0.3 is 0 Å². The second-order valence-corrected chi connectivity index (χ2v) is 10.7. The molecule has 10 heteroatoms. The molecule has 5 rings (SSSR count). The number of carbonyl (C=O) groups is 2. The largest absolute Gasteiger partial charge is 0.503 e. The Morgan fingerprint density at radius 3 is 2.64 bits per heavy atom. The number of aromatic hydroxyl groups is 1. The second kappa shape index (κ2) is 8.85. The van der Waals surface area contributed by atoms with Crippen molar-refractivity contribution < 1.29 is 19.1 Å². The van der Waals surface area contributed by atoms with E-state index >= 15 is 0 Å². The van der Waals surface area contributed by atoms with Gasteiger partial charge in [0.15, 0.2) is 11.4 Å². The highest BCUT2D eigenvalue weighted by molar-refractivity contribution is 7.15. The van der Waals surface area contributed by atoms with Crippen LogP contribution in [0.15, 0.2) is 41.5 Å². The summed E-state index contributed by atoms with van der Waals surface area (Å²) >= 11 is 1.28. The van der Waals surface area contributed by atoms with Crippen molar-refractivity contribution in [3.05, 3.63) is 68.8 Å². The molecule has 1 aromatic carbocycles. The van der Waals surface area contributed by atoms with Crippen molar-refractivity contribution in [3.63, 3.8) is 0 Å². The van der Waals surface area contributed by atoms with E-state index in [4.69, 9.17) is 0 Å². The number of amides is 2. The number of thiazole rings is 1. The smallest absolute Gasteiger partial charge is 0.274 e. The maximum absolute atomic E-state index is 13.7. The van der Waals surface area contributed by atoms with Crippen molar-refractivity contribution in [1.82, 2.24) is 19.4 Å². The van der Waals surface area contributed by atoms with E-state index in [2.05, 4.69) is 4.98 Å². The molecule has 2 bridgehead atoms. The van der Waals surface area contributed by atoms with Crippen molar-refractivity contribution in [2.75, 3.05) is 20.1 Å². The average molecular weight is 511 g/mol. The van der Waals surface area contributed by atoms with E-state index in [1.54, 1.807) is 35.2 Å². The third kappa shape index (κ3) is 3.71. The third-order valence-electron chi connectivity index (χ3n) is 7.36. The molecule has 8 nitrogen and oxygen atoms in total. The number of aromatic nitrogens is 2. The van der Waals surface area contributed by atoms with Gasteiger partial charge in [-0.1, -0.05) is 19.1 Å². The van der Waals surface area contributed by atoms with E-state index in [0.717, 1.165) is 10.4 Å². The fourth-order valence-electron chi connectivity index (χ4n) is 5.13. The molecule has 0 spiro atoms. The Balaban J connectivity index is 1.64. The van der Waals surface area contributed by atoms with E-state index < -0.39 is 22.6 Å². The summed E-state index contributed by atoms with van der Waals surface area (Å²) in [5.74, 6) is -1.61. The first-order chi connectivity index (χ1) is 17.2. The lowest BCUT2D eigenvalue weighted by Crippen LogP contribution is -2.64. The topological polar surface area (TPSA) is 95.7 Å². The van der Waals surface area contributed by atoms with E-state index in [1.165, 1.54) is 34.2 Å². The zero-order chi connectivity index (χ0) is 25.8. The van der Waals surface area contributed by atoms with Gasteiger partial charge < -0.3 is 19.5 Å². The summed E-state index contributed by atoms with van der Waals surface area (Å²) in [6.07, 6.45) is 4.63. The van der Waals surface area contributed by atoms with Gasteiger partial charge in [-0.05, 0) is 37.5 Å². The fraction of sp³-hybridized carbons (Fsp3) is 0.385. The molecule has 2 atom stereocenters. The zero-order valence-electron chi connectivity index (χ0n) is 20.3. The highest BCUT2D eigenvalue weighted by atomic mass is 32.1. The predicted molar refractivity (Wildman–Crippen MR) is 134 cm³/mol. The van der Waals surface area contributed by atoms with Crippen LogP contribution in [-0.4, -0.2) is 62.5 Å². The number of halogens is 1. The Hall–Kier alpha value is -3.53. The number of carbonyl (C=O) groups excluding carboxylic acids is 2. The summed E-state index contributed by atoms with van der Waals surface area (Å²) in [5.41, 5.74) is -0.985. The van der Waals surface area contributed by atoms with E-state index in [9.17, 15) is 23.9 Å².